The van der Waals surface area contributed by atoms with Gasteiger partial charge in [0, 0.05) is 16.6 Å². The molecule has 0 saturated heterocycles. The number of carbonyl (C=O) groups is 1. The minimum absolute atomic E-state index is 0.0601. The number of hydrogen-bond acceptors (Lipinski definition) is 5. The Morgan fingerprint density at radius 2 is 1.85 bits per heavy atom. The van der Waals surface area contributed by atoms with Crippen LogP contribution < -0.4 is 9.64 Å². The van der Waals surface area contributed by atoms with Gasteiger partial charge in [0.25, 0.3) is 11.6 Å². The number of methoxy groups -OCH3 is 1. The van der Waals surface area contributed by atoms with E-state index < -0.39 is 10.8 Å². The maximum absolute atomic E-state index is 13.1. The Bertz CT molecular complexity index is 908. The molecule has 0 aliphatic rings. The molecule has 6 nitrogen and oxygen atoms in total. The van der Waals surface area contributed by atoms with Crippen LogP contribution in [0.15, 0.2) is 66.0 Å². The minimum atomic E-state index is -0.537. The fourth-order valence-corrected chi connectivity index (χ4v) is 3.25. The van der Waals surface area contributed by atoms with Crippen molar-refractivity contribution in [3.05, 3.63) is 86.6 Å². The molecular weight excluding hydrogens is 352 g/mol. The van der Waals surface area contributed by atoms with Gasteiger partial charge >= 0.3 is 0 Å². The van der Waals surface area contributed by atoms with E-state index in [2.05, 4.69) is 0 Å². The van der Waals surface area contributed by atoms with Gasteiger partial charge in [-0.1, -0.05) is 18.2 Å². The highest BCUT2D eigenvalue weighted by Gasteiger charge is 2.25. The molecule has 0 spiro atoms. The third kappa shape index (κ3) is 3.73. The fraction of sp³-hybridized carbons (Fsp3) is 0.105. The maximum Gasteiger partial charge on any atom is 0.282 e. The number of amides is 1. The van der Waals surface area contributed by atoms with Gasteiger partial charge in [-0.3, -0.25) is 14.9 Å². The van der Waals surface area contributed by atoms with Crippen molar-refractivity contribution >= 4 is 28.6 Å². The van der Waals surface area contributed by atoms with Gasteiger partial charge < -0.3 is 9.64 Å². The molecule has 1 heterocycles. The summed E-state index contributed by atoms with van der Waals surface area (Å²) >= 11 is 1.52. The molecule has 26 heavy (non-hydrogen) atoms. The minimum Gasteiger partial charge on any atom is -0.497 e. The van der Waals surface area contributed by atoms with E-state index in [1.807, 2.05) is 17.5 Å². The summed E-state index contributed by atoms with van der Waals surface area (Å²) in [6.45, 7) is 0.328. The summed E-state index contributed by atoms with van der Waals surface area (Å²) in [6, 6.07) is 16.8. The van der Waals surface area contributed by atoms with E-state index in [9.17, 15) is 14.9 Å². The van der Waals surface area contributed by atoms with Gasteiger partial charge in [-0.05, 0) is 41.8 Å². The first-order chi connectivity index (χ1) is 12.6. The maximum atomic E-state index is 13.1. The van der Waals surface area contributed by atoms with Crippen LogP contribution >= 0.6 is 11.3 Å². The van der Waals surface area contributed by atoms with E-state index >= 15 is 0 Å². The quantitative estimate of drug-likeness (QED) is 0.474. The smallest absolute Gasteiger partial charge is 0.282 e. The first-order valence-corrected chi connectivity index (χ1v) is 8.70. The van der Waals surface area contributed by atoms with Crippen LogP contribution in [0.2, 0.25) is 0 Å². The fourth-order valence-electron chi connectivity index (χ4n) is 2.56. The molecular formula is C19H16N2O4S. The number of thiophene rings is 1. The number of anilines is 1. The molecule has 1 aromatic heterocycles. The Balaban J connectivity index is 2.02. The van der Waals surface area contributed by atoms with E-state index in [-0.39, 0.29) is 11.3 Å². The molecule has 3 aromatic rings. The zero-order valence-corrected chi connectivity index (χ0v) is 14.8. The molecule has 132 valence electrons. The monoisotopic (exact) mass is 368 g/mol. The number of benzene rings is 2. The number of ether oxygens (including phenoxy) is 1. The lowest BCUT2D eigenvalue weighted by Crippen LogP contribution is -2.30. The Morgan fingerprint density at radius 3 is 2.46 bits per heavy atom. The highest BCUT2D eigenvalue weighted by Crippen LogP contribution is 2.27. The van der Waals surface area contributed by atoms with Gasteiger partial charge in [0.1, 0.15) is 11.3 Å². The Kier molecular flexibility index (Phi) is 5.28. The van der Waals surface area contributed by atoms with Crippen LogP contribution in [0.25, 0.3) is 0 Å². The number of nitrogens with zero attached hydrogens (tertiary/aromatic N) is 2. The van der Waals surface area contributed by atoms with Crippen molar-refractivity contribution < 1.29 is 14.5 Å². The zero-order valence-electron chi connectivity index (χ0n) is 14.0. The van der Waals surface area contributed by atoms with Gasteiger partial charge in [-0.2, -0.15) is 0 Å². The number of nitro benzene ring substituents is 1. The Labute approximate surface area is 154 Å². The standard InChI is InChI=1S/C19H16N2O4S/c1-25-15-10-8-14(9-11-15)20(13-16-5-4-12-26-16)19(22)17-6-2-3-7-18(17)21(23)24/h2-12H,13H2,1H3. The van der Waals surface area contributed by atoms with Gasteiger partial charge in [-0.15, -0.1) is 11.3 Å². The number of rotatable bonds is 6. The molecule has 0 N–H and O–H groups in total. The largest absolute Gasteiger partial charge is 0.497 e. The molecule has 0 radical (unpaired) electrons. The van der Waals surface area contributed by atoms with Crippen LogP contribution in [-0.2, 0) is 6.54 Å². The molecule has 0 bridgehead atoms. The highest BCUT2D eigenvalue weighted by atomic mass is 32.1. The molecule has 7 heteroatoms. The molecule has 0 atom stereocenters. The van der Waals surface area contributed by atoms with Crippen molar-refractivity contribution in [3.63, 3.8) is 0 Å². The van der Waals surface area contributed by atoms with E-state index in [0.29, 0.717) is 18.0 Å². The van der Waals surface area contributed by atoms with E-state index in [4.69, 9.17) is 4.74 Å². The molecule has 0 aliphatic carbocycles. The SMILES string of the molecule is COc1ccc(N(Cc2cccs2)C(=O)c2ccccc2[N+](=O)[O-])cc1. The van der Waals surface area contributed by atoms with Crippen molar-refractivity contribution in [1.82, 2.24) is 0 Å². The van der Waals surface area contributed by atoms with Gasteiger partial charge in [0.15, 0.2) is 0 Å². The Hall–Kier alpha value is -3.19. The van der Waals surface area contributed by atoms with E-state index in [1.165, 1.54) is 28.4 Å². The predicted molar refractivity (Wildman–Crippen MR) is 101 cm³/mol. The molecule has 0 saturated carbocycles. The molecule has 3 rings (SSSR count). The molecule has 1 amide bonds. The molecule has 0 unspecified atom stereocenters. The highest BCUT2D eigenvalue weighted by molar-refractivity contribution is 7.09. The second-order valence-electron chi connectivity index (χ2n) is 5.44. The first kappa shape index (κ1) is 17.6. The summed E-state index contributed by atoms with van der Waals surface area (Å²) in [6.07, 6.45) is 0. The number of carbonyl (C=O) groups excluding carboxylic acids is 1. The van der Waals surface area contributed by atoms with Crippen molar-refractivity contribution in [1.29, 1.82) is 0 Å². The topological polar surface area (TPSA) is 72.7 Å². The summed E-state index contributed by atoms with van der Waals surface area (Å²) < 4.78 is 5.16. The lowest BCUT2D eigenvalue weighted by molar-refractivity contribution is -0.385. The second-order valence-corrected chi connectivity index (χ2v) is 6.48. The Morgan fingerprint density at radius 1 is 1.12 bits per heavy atom. The van der Waals surface area contributed by atoms with Crippen LogP contribution in [0.3, 0.4) is 0 Å². The summed E-state index contributed by atoms with van der Waals surface area (Å²) in [5.41, 5.74) is 0.495. The average molecular weight is 368 g/mol. The van der Waals surface area contributed by atoms with Crippen LogP contribution in [0.5, 0.6) is 5.75 Å². The zero-order chi connectivity index (χ0) is 18.5. The first-order valence-electron chi connectivity index (χ1n) is 7.82. The van der Waals surface area contributed by atoms with Crippen molar-refractivity contribution in [2.24, 2.45) is 0 Å². The third-order valence-electron chi connectivity index (χ3n) is 3.85. The molecule has 0 aliphatic heterocycles. The van der Waals surface area contributed by atoms with E-state index in [1.54, 1.807) is 43.5 Å². The number of para-hydroxylation sites is 1. The number of hydrogen-bond donors (Lipinski definition) is 0. The van der Waals surface area contributed by atoms with Crippen molar-refractivity contribution in [2.75, 3.05) is 12.0 Å². The van der Waals surface area contributed by atoms with Crippen LogP contribution in [-0.4, -0.2) is 17.9 Å². The third-order valence-corrected chi connectivity index (χ3v) is 4.72. The summed E-state index contributed by atoms with van der Waals surface area (Å²) in [4.78, 5) is 26.4. The van der Waals surface area contributed by atoms with Gasteiger partial charge in [-0.25, -0.2) is 0 Å². The van der Waals surface area contributed by atoms with Crippen LogP contribution in [0.4, 0.5) is 11.4 Å². The normalized spacial score (nSPS) is 10.3. The summed E-state index contributed by atoms with van der Waals surface area (Å²) in [5, 5.41) is 13.2. The summed E-state index contributed by atoms with van der Waals surface area (Å²) in [5.74, 6) is 0.249. The summed E-state index contributed by atoms with van der Waals surface area (Å²) in [7, 11) is 1.57. The van der Waals surface area contributed by atoms with Crippen LogP contribution in [0.1, 0.15) is 15.2 Å². The van der Waals surface area contributed by atoms with Crippen LogP contribution in [0, 0.1) is 10.1 Å². The second kappa shape index (κ2) is 7.79. The van der Waals surface area contributed by atoms with Gasteiger partial charge in [0.05, 0.1) is 18.6 Å². The number of nitro groups is 1. The lowest BCUT2D eigenvalue weighted by atomic mass is 10.1. The van der Waals surface area contributed by atoms with Crippen molar-refractivity contribution in [2.45, 2.75) is 6.54 Å². The molecule has 2 aromatic carbocycles. The van der Waals surface area contributed by atoms with E-state index in [0.717, 1.165) is 4.88 Å². The average Bonchev–Trinajstić information content (AvgIpc) is 3.19. The lowest BCUT2D eigenvalue weighted by Gasteiger charge is -2.22. The van der Waals surface area contributed by atoms with Gasteiger partial charge in [0.2, 0.25) is 0 Å². The van der Waals surface area contributed by atoms with Crippen molar-refractivity contribution in [3.8, 4) is 5.75 Å². The molecule has 0 fully saturated rings. The predicted octanol–water partition coefficient (Wildman–Crippen LogP) is 4.51.